The van der Waals surface area contributed by atoms with E-state index in [0.717, 1.165) is 23.8 Å². The molecule has 4 rings (SSSR count). The first-order chi connectivity index (χ1) is 13.5. The summed E-state index contributed by atoms with van der Waals surface area (Å²) in [6.07, 6.45) is 0. The third-order valence-electron chi connectivity index (χ3n) is 4.71. The standard InChI is InChI=1S/C22H16F2N2O2/c23-16-10-11-18(24)19(12-16)25-21(27)20(14-6-2-1-3-7-14)26-13-15-8-4-5-9-17(15)22(26)28/h1-12,20H,13H2,(H,25,27). The van der Waals surface area contributed by atoms with Crippen LogP contribution < -0.4 is 5.32 Å². The largest absolute Gasteiger partial charge is 0.321 e. The fraction of sp³-hybridized carbons (Fsp3) is 0.0909. The van der Waals surface area contributed by atoms with E-state index in [0.29, 0.717) is 11.1 Å². The van der Waals surface area contributed by atoms with E-state index in [1.165, 1.54) is 4.90 Å². The van der Waals surface area contributed by atoms with Gasteiger partial charge in [0.1, 0.15) is 17.7 Å². The summed E-state index contributed by atoms with van der Waals surface area (Å²) in [5.41, 5.74) is 1.67. The highest BCUT2D eigenvalue weighted by atomic mass is 19.1. The number of carbonyl (C=O) groups is 2. The van der Waals surface area contributed by atoms with Gasteiger partial charge in [-0.2, -0.15) is 0 Å². The Morgan fingerprint density at radius 2 is 1.68 bits per heavy atom. The van der Waals surface area contributed by atoms with Crippen LogP contribution in [0.3, 0.4) is 0 Å². The van der Waals surface area contributed by atoms with Gasteiger partial charge < -0.3 is 10.2 Å². The van der Waals surface area contributed by atoms with Crippen molar-refractivity contribution in [3.63, 3.8) is 0 Å². The van der Waals surface area contributed by atoms with Crippen LogP contribution in [0.1, 0.15) is 27.5 Å². The molecule has 3 aromatic carbocycles. The SMILES string of the molecule is O=C(Nc1cc(F)ccc1F)C(c1ccccc1)N1Cc2ccccc2C1=O. The number of fused-ring (bicyclic) bond motifs is 1. The van der Waals surface area contributed by atoms with Gasteiger partial charge in [0.25, 0.3) is 11.8 Å². The number of carbonyl (C=O) groups excluding carboxylic acids is 2. The third kappa shape index (κ3) is 3.24. The summed E-state index contributed by atoms with van der Waals surface area (Å²) in [7, 11) is 0. The highest BCUT2D eigenvalue weighted by Crippen LogP contribution is 2.32. The van der Waals surface area contributed by atoms with Crippen molar-refractivity contribution in [1.82, 2.24) is 4.90 Å². The van der Waals surface area contributed by atoms with Gasteiger partial charge >= 0.3 is 0 Å². The number of rotatable bonds is 4. The lowest BCUT2D eigenvalue weighted by Crippen LogP contribution is -2.37. The average Bonchev–Trinajstić information content (AvgIpc) is 3.02. The number of anilines is 1. The Morgan fingerprint density at radius 3 is 2.43 bits per heavy atom. The van der Waals surface area contributed by atoms with Gasteiger partial charge in [-0.15, -0.1) is 0 Å². The minimum absolute atomic E-state index is 0.258. The van der Waals surface area contributed by atoms with Crippen LogP contribution in [0.25, 0.3) is 0 Å². The Kier molecular flexibility index (Phi) is 4.61. The topological polar surface area (TPSA) is 49.4 Å². The molecule has 1 unspecified atom stereocenters. The van der Waals surface area contributed by atoms with Gasteiger partial charge in [-0.25, -0.2) is 8.78 Å². The van der Waals surface area contributed by atoms with Crippen LogP contribution in [0.5, 0.6) is 0 Å². The highest BCUT2D eigenvalue weighted by molar-refractivity contribution is 6.04. The summed E-state index contributed by atoms with van der Waals surface area (Å²) >= 11 is 0. The zero-order valence-electron chi connectivity index (χ0n) is 14.7. The third-order valence-corrected chi connectivity index (χ3v) is 4.71. The quantitative estimate of drug-likeness (QED) is 0.736. The van der Waals surface area contributed by atoms with Crippen LogP contribution in [0.4, 0.5) is 14.5 Å². The van der Waals surface area contributed by atoms with Crippen molar-refractivity contribution in [3.05, 3.63) is 101 Å². The summed E-state index contributed by atoms with van der Waals surface area (Å²) in [4.78, 5) is 27.4. The number of benzene rings is 3. The van der Waals surface area contributed by atoms with Gasteiger partial charge in [-0.05, 0) is 29.3 Å². The fourth-order valence-corrected chi connectivity index (χ4v) is 3.39. The smallest absolute Gasteiger partial charge is 0.255 e. The fourth-order valence-electron chi connectivity index (χ4n) is 3.39. The molecule has 140 valence electrons. The summed E-state index contributed by atoms with van der Waals surface area (Å²) in [6.45, 7) is 0.258. The Morgan fingerprint density at radius 1 is 0.964 bits per heavy atom. The van der Waals surface area contributed by atoms with Gasteiger partial charge in [-0.3, -0.25) is 9.59 Å². The van der Waals surface area contributed by atoms with Gasteiger partial charge in [0.15, 0.2) is 0 Å². The zero-order chi connectivity index (χ0) is 19.7. The van der Waals surface area contributed by atoms with Crippen LogP contribution in [0, 0.1) is 11.6 Å². The molecular weight excluding hydrogens is 362 g/mol. The Bertz CT molecular complexity index is 1050. The first kappa shape index (κ1) is 17.9. The van der Waals surface area contributed by atoms with E-state index in [9.17, 15) is 18.4 Å². The monoisotopic (exact) mass is 378 g/mol. The van der Waals surface area contributed by atoms with Gasteiger partial charge in [0, 0.05) is 18.2 Å². The minimum atomic E-state index is -0.983. The molecule has 2 amide bonds. The lowest BCUT2D eigenvalue weighted by molar-refractivity contribution is -0.120. The lowest BCUT2D eigenvalue weighted by atomic mass is 10.0. The van der Waals surface area contributed by atoms with E-state index >= 15 is 0 Å². The molecule has 1 aliphatic heterocycles. The molecule has 28 heavy (non-hydrogen) atoms. The first-order valence-electron chi connectivity index (χ1n) is 8.74. The molecule has 0 bridgehead atoms. The van der Waals surface area contributed by atoms with Crippen molar-refractivity contribution >= 4 is 17.5 Å². The molecule has 1 N–H and O–H groups in total. The molecule has 0 aliphatic carbocycles. The number of halogens is 2. The van der Waals surface area contributed by atoms with E-state index in [1.807, 2.05) is 12.1 Å². The van der Waals surface area contributed by atoms with E-state index < -0.39 is 23.6 Å². The van der Waals surface area contributed by atoms with Crippen molar-refractivity contribution in [2.45, 2.75) is 12.6 Å². The van der Waals surface area contributed by atoms with Crippen LogP contribution in [0.2, 0.25) is 0 Å². The van der Waals surface area contributed by atoms with Crippen LogP contribution >= 0.6 is 0 Å². The Hall–Kier alpha value is -3.54. The highest BCUT2D eigenvalue weighted by Gasteiger charge is 2.37. The maximum absolute atomic E-state index is 14.0. The molecule has 3 aromatic rings. The number of hydrogen-bond acceptors (Lipinski definition) is 2. The predicted octanol–water partition coefficient (Wildman–Crippen LogP) is 4.30. The molecule has 1 atom stereocenters. The Labute approximate surface area is 160 Å². The number of hydrogen-bond donors (Lipinski definition) is 1. The summed E-state index contributed by atoms with van der Waals surface area (Å²) in [6, 6.07) is 17.7. The molecule has 4 nitrogen and oxygen atoms in total. The molecule has 6 heteroatoms. The van der Waals surface area contributed by atoms with Gasteiger partial charge in [0.05, 0.1) is 5.69 Å². The zero-order valence-corrected chi connectivity index (χ0v) is 14.7. The van der Waals surface area contributed by atoms with Crippen LogP contribution in [0.15, 0.2) is 72.8 Å². The number of amides is 2. The van der Waals surface area contributed by atoms with Crippen molar-refractivity contribution in [3.8, 4) is 0 Å². The van der Waals surface area contributed by atoms with Crippen molar-refractivity contribution < 1.29 is 18.4 Å². The molecular formula is C22H16F2N2O2. The minimum Gasteiger partial charge on any atom is -0.321 e. The molecule has 0 radical (unpaired) electrons. The van der Waals surface area contributed by atoms with Crippen molar-refractivity contribution in [2.75, 3.05) is 5.32 Å². The van der Waals surface area contributed by atoms with E-state index in [4.69, 9.17) is 0 Å². The number of nitrogens with one attached hydrogen (secondary N) is 1. The predicted molar refractivity (Wildman–Crippen MR) is 100 cm³/mol. The second-order valence-electron chi connectivity index (χ2n) is 6.52. The molecule has 0 fully saturated rings. The van der Waals surface area contributed by atoms with Crippen molar-refractivity contribution in [2.24, 2.45) is 0 Å². The van der Waals surface area contributed by atoms with Crippen LogP contribution in [-0.4, -0.2) is 16.7 Å². The van der Waals surface area contributed by atoms with Crippen molar-refractivity contribution in [1.29, 1.82) is 0 Å². The van der Waals surface area contributed by atoms with Gasteiger partial charge in [0.2, 0.25) is 0 Å². The Balaban J connectivity index is 1.70. The molecule has 1 aliphatic rings. The summed E-state index contributed by atoms with van der Waals surface area (Å²) in [5, 5.41) is 2.43. The second kappa shape index (κ2) is 7.23. The molecule has 0 aromatic heterocycles. The lowest BCUT2D eigenvalue weighted by Gasteiger charge is -2.27. The van der Waals surface area contributed by atoms with E-state index in [2.05, 4.69) is 5.32 Å². The van der Waals surface area contributed by atoms with Gasteiger partial charge in [-0.1, -0.05) is 48.5 Å². The molecule has 0 saturated carbocycles. The molecule has 0 saturated heterocycles. The average molecular weight is 378 g/mol. The normalized spacial score (nSPS) is 13.9. The summed E-state index contributed by atoms with van der Waals surface area (Å²) < 4.78 is 27.5. The van der Waals surface area contributed by atoms with Crippen LogP contribution in [-0.2, 0) is 11.3 Å². The second-order valence-corrected chi connectivity index (χ2v) is 6.52. The maximum atomic E-state index is 14.0. The summed E-state index contributed by atoms with van der Waals surface area (Å²) in [5.74, 6) is -2.31. The number of nitrogens with zero attached hydrogens (tertiary/aromatic N) is 1. The maximum Gasteiger partial charge on any atom is 0.255 e. The van der Waals surface area contributed by atoms with E-state index in [-0.39, 0.29) is 18.1 Å². The first-order valence-corrected chi connectivity index (χ1v) is 8.74. The molecule has 0 spiro atoms. The molecule has 1 heterocycles. The van der Waals surface area contributed by atoms with E-state index in [1.54, 1.807) is 42.5 Å².